The molecule has 158 valence electrons. The zero-order valence-corrected chi connectivity index (χ0v) is 17.4. The SMILES string of the molecule is COCCNC1CCC(C(=O)Nc2cc3cc(-c4cnc(C)o4)cnc3cn2)CC1. The van der Waals surface area contributed by atoms with Crippen LogP contribution in [0.4, 0.5) is 5.82 Å². The lowest BCUT2D eigenvalue weighted by Crippen LogP contribution is -2.37. The standard InChI is InChI=1S/C22H27N5O3/c1-14-24-13-20(30-14)17-9-16-10-21(26-12-19(16)25-11-17)27-22(28)15-3-5-18(6-4-15)23-7-8-29-2/h9-13,15,18,23H,3-8H2,1-2H3,(H,26,27,28). The van der Waals surface area contributed by atoms with Gasteiger partial charge in [0.25, 0.3) is 0 Å². The first-order valence-corrected chi connectivity index (χ1v) is 10.3. The highest BCUT2D eigenvalue weighted by molar-refractivity contribution is 5.94. The Balaban J connectivity index is 1.39. The minimum atomic E-state index is 0.0181. The molecular formula is C22H27N5O3. The third-order valence-corrected chi connectivity index (χ3v) is 5.56. The van der Waals surface area contributed by atoms with E-state index in [1.165, 1.54) is 0 Å². The van der Waals surface area contributed by atoms with Crippen molar-refractivity contribution in [3.05, 3.63) is 36.6 Å². The molecule has 1 fully saturated rings. The number of fused-ring (bicyclic) bond motifs is 1. The Kier molecular flexibility index (Phi) is 6.35. The Labute approximate surface area is 175 Å². The van der Waals surface area contributed by atoms with E-state index in [0.717, 1.165) is 48.7 Å². The van der Waals surface area contributed by atoms with Gasteiger partial charge < -0.3 is 19.8 Å². The normalized spacial score (nSPS) is 19.1. The summed E-state index contributed by atoms with van der Waals surface area (Å²) in [4.78, 5) is 25.7. The van der Waals surface area contributed by atoms with Gasteiger partial charge in [-0.1, -0.05) is 0 Å². The number of aryl methyl sites for hydroxylation is 1. The van der Waals surface area contributed by atoms with Gasteiger partial charge in [0.15, 0.2) is 11.7 Å². The molecule has 3 aromatic heterocycles. The maximum Gasteiger partial charge on any atom is 0.228 e. The van der Waals surface area contributed by atoms with Crippen molar-refractivity contribution < 1.29 is 13.9 Å². The van der Waals surface area contributed by atoms with Crippen LogP contribution in [0.1, 0.15) is 31.6 Å². The molecule has 3 heterocycles. The Morgan fingerprint density at radius 3 is 2.70 bits per heavy atom. The molecule has 1 aliphatic rings. The largest absolute Gasteiger partial charge is 0.441 e. The van der Waals surface area contributed by atoms with Crippen molar-refractivity contribution in [2.24, 2.45) is 5.92 Å². The highest BCUT2D eigenvalue weighted by Gasteiger charge is 2.26. The summed E-state index contributed by atoms with van der Waals surface area (Å²) in [6.07, 6.45) is 8.84. The van der Waals surface area contributed by atoms with Crippen molar-refractivity contribution in [1.82, 2.24) is 20.3 Å². The van der Waals surface area contributed by atoms with Crippen molar-refractivity contribution >= 4 is 22.6 Å². The summed E-state index contributed by atoms with van der Waals surface area (Å²) in [5.41, 5.74) is 1.60. The zero-order valence-electron chi connectivity index (χ0n) is 17.4. The molecule has 0 spiro atoms. The van der Waals surface area contributed by atoms with Crippen molar-refractivity contribution in [3.8, 4) is 11.3 Å². The van der Waals surface area contributed by atoms with Gasteiger partial charge in [-0.25, -0.2) is 9.97 Å². The first kappa shape index (κ1) is 20.4. The summed E-state index contributed by atoms with van der Waals surface area (Å²) in [6.45, 7) is 3.36. The molecule has 8 nitrogen and oxygen atoms in total. The fourth-order valence-corrected chi connectivity index (χ4v) is 3.88. The zero-order chi connectivity index (χ0) is 20.9. The van der Waals surface area contributed by atoms with Crippen LogP contribution >= 0.6 is 0 Å². The van der Waals surface area contributed by atoms with E-state index in [2.05, 4.69) is 25.6 Å². The monoisotopic (exact) mass is 409 g/mol. The van der Waals surface area contributed by atoms with Crippen LogP contribution < -0.4 is 10.6 Å². The van der Waals surface area contributed by atoms with Crippen LogP contribution in [0.15, 0.2) is 35.1 Å². The second-order valence-electron chi connectivity index (χ2n) is 7.71. The van der Waals surface area contributed by atoms with Gasteiger partial charge in [-0.05, 0) is 37.8 Å². The van der Waals surface area contributed by atoms with Crippen LogP contribution in [-0.4, -0.2) is 47.2 Å². The van der Waals surface area contributed by atoms with Crippen molar-refractivity contribution in [1.29, 1.82) is 0 Å². The minimum absolute atomic E-state index is 0.0181. The molecule has 4 rings (SSSR count). The van der Waals surface area contributed by atoms with Gasteiger partial charge in [0.2, 0.25) is 5.91 Å². The Morgan fingerprint density at radius 2 is 1.97 bits per heavy atom. The van der Waals surface area contributed by atoms with E-state index < -0.39 is 0 Å². The van der Waals surface area contributed by atoms with Crippen LogP contribution in [0.25, 0.3) is 22.2 Å². The van der Waals surface area contributed by atoms with Crippen molar-refractivity contribution in [2.75, 3.05) is 25.6 Å². The number of amides is 1. The molecule has 0 radical (unpaired) electrons. The summed E-state index contributed by atoms with van der Waals surface area (Å²) < 4.78 is 10.7. The topological polar surface area (TPSA) is 102 Å². The van der Waals surface area contributed by atoms with Crippen LogP contribution in [-0.2, 0) is 9.53 Å². The van der Waals surface area contributed by atoms with Gasteiger partial charge >= 0.3 is 0 Å². The Morgan fingerprint density at radius 1 is 1.13 bits per heavy atom. The van der Waals surface area contributed by atoms with Gasteiger partial charge in [0.1, 0.15) is 5.82 Å². The first-order valence-electron chi connectivity index (χ1n) is 10.3. The highest BCUT2D eigenvalue weighted by Crippen LogP contribution is 2.27. The molecule has 0 atom stereocenters. The van der Waals surface area contributed by atoms with E-state index in [1.54, 1.807) is 32.6 Å². The number of oxazole rings is 1. The van der Waals surface area contributed by atoms with Crippen LogP contribution in [0, 0.1) is 12.8 Å². The van der Waals surface area contributed by atoms with E-state index >= 15 is 0 Å². The summed E-state index contributed by atoms with van der Waals surface area (Å²) in [5.74, 6) is 1.87. The maximum atomic E-state index is 12.7. The minimum Gasteiger partial charge on any atom is -0.441 e. The lowest BCUT2D eigenvalue weighted by molar-refractivity contribution is -0.120. The van der Waals surface area contributed by atoms with E-state index in [0.29, 0.717) is 30.1 Å². The van der Waals surface area contributed by atoms with Crippen molar-refractivity contribution in [3.63, 3.8) is 0 Å². The first-order chi connectivity index (χ1) is 14.6. The van der Waals surface area contributed by atoms with Gasteiger partial charge in [-0.3, -0.25) is 9.78 Å². The van der Waals surface area contributed by atoms with E-state index in [9.17, 15) is 4.79 Å². The fourth-order valence-electron chi connectivity index (χ4n) is 3.88. The predicted molar refractivity (Wildman–Crippen MR) is 114 cm³/mol. The van der Waals surface area contributed by atoms with Crippen LogP contribution in [0.3, 0.4) is 0 Å². The molecule has 0 bridgehead atoms. The number of carbonyl (C=O) groups is 1. The molecule has 1 aliphatic carbocycles. The van der Waals surface area contributed by atoms with E-state index in [4.69, 9.17) is 9.15 Å². The lowest BCUT2D eigenvalue weighted by atomic mass is 9.85. The molecule has 3 aromatic rings. The summed E-state index contributed by atoms with van der Waals surface area (Å²) >= 11 is 0. The molecule has 2 N–H and O–H groups in total. The van der Waals surface area contributed by atoms with Gasteiger partial charge in [-0.2, -0.15) is 0 Å². The molecule has 0 aromatic carbocycles. The number of pyridine rings is 2. The summed E-state index contributed by atoms with van der Waals surface area (Å²) in [6, 6.07) is 4.29. The average molecular weight is 409 g/mol. The van der Waals surface area contributed by atoms with E-state index in [1.807, 2.05) is 12.1 Å². The number of ether oxygens (including phenoxy) is 1. The van der Waals surface area contributed by atoms with E-state index in [-0.39, 0.29) is 11.8 Å². The number of anilines is 1. The molecule has 0 saturated heterocycles. The number of aromatic nitrogens is 3. The lowest BCUT2D eigenvalue weighted by Gasteiger charge is -2.28. The number of hydrogen-bond donors (Lipinski definition) is 2. The molecule has 8 heteroatoms. The summed E-state index contributed by atoms with van der Waals surface area (Å²) in [5, 5.41) is 7.35. The van der Waals surface area contributed by atoms with Crippen LogP contribution in [0.2, 0.25) is 0 Å². The number of nitrogens with zero attached hydrogens (tertiary/aromatic N) is 3. The second kappa shape index (κ2) is 9.32. The predicted octanol–water partition coefficient (Wildman–Crippen LogP) is 3.33. The number of rotatable bonds is 7. The highest BCUT2D eigenvalue weighted by atomic mass is 16.5. The van der Waals surface area contributed by atoms with Gasteiger partial charge in [0, 0.05) is 49.7 Å². The third-order valence-electron chi connectivity index (χ3n) is 5.56. The van der Waals surface area contributed by atoms with Crippen molar-refractivity contribution in [2.45, 2.75) is 38.6 Å². The molecule has 0 unspecified atom stereocenters. The Bertz CT molecular complexity index is 1010. The molecule has 0 aliphatic heterocycles. The average Bonchev–Trinajstić information content (AvgIpc) is 3.20. The molecular weight excluding hydrogens is 382 g/mol. The fraction of sp³-hybridized carbons (Fsp3) is 0.455. The van der Waals surface area contributed by atoms with Gasteiger partial charge in [0.05, 0.1) is 24.5 Å². The smallest absolute Gasteiger partial charge is 0.228 e. The quantitative estimate of drug-likeness (QED) is 0.577. The number of methoxy groups -OCH3 is 1. The Hall–Kier alpha value is -2.84. The molecule has 1 amide bonds. The number of carbonyl (C=O) groups excluding carboxylic acids is 1. The summed E-state index contributed by atoms with van der Waals surface area (Å²) in [7, 11) is 1.70. The number of hydrogen-bond acceptors (Lipinski definition) is 7. The molecule has 30 heavy (non-hydrogen) atoms. The number of nitrogens with one attached hydrogen (secondary N) is 2. The van der Waals surface area contributed by atoms with Gasteiger partial charge in [-0.15, -0.1) is 0 Å². The maximum absolute atomic E-state index is 12.7. The molecule has 1 saturated carbocycles. The second-order valence-corrected chi connectivity index (χ2v) is 7.71. The van der Waals surface area contributed by atoms with Crippen LogP contribution in [0.5, 0.6) is 0 Å². The third kappa shape index (κ3) is 4.83.